The summed E-state index contributed by atoms with van der Waals surface area (Å²) in [6.45, 7) is 2.17. The van der Waals surface area contributed by atoms with Crippen molar-refractivity contribution >= 4 is 5.91 Å². The van der Waals surface area contributed by atoms with E-state index in [1.54, 1.807) is 11.8 Å². The number of ether oxygens (including phenoxy) is 1. The second-order valence-electron chi connectivity index (χ2n) is 5.27. The van der Waals surface area contributed by atoms with Crippen LogP contribution in [0, 0.1) is 0 Å². The molecule has 1 unspecified atom stereocenters. The molecule has 1 aliphatic carbocycles. The summed E-state index contributed by atoms with van der Waals surface area (Å²) >= 11 is 0. The molecule has 1 aromatic carbocycles. The number of benzene rings is 1. The molecule has 20 heavy (non-hydrogen) atoms. The van der Waals surface area contributed by atoms with Crippen molar-refractivity contribution < 1.29 is 14.6 Å². The lowest BCUT2D eigenvalue weighted by atomic mass is 10.2. The molecule has 1 amide bonds. The molecule has 0 spiro atoms. The van der Waals surface area contributed by atoms with E-state index in [-0.39, 0.29) is 18.6 Å². The number of amides is 1. The predicted octanol–water partition coefficient (Wildman–Crippen LogP) is 2.22. The Balaban J connectivity index is 1.99. The fourth-order valence-corrected chi connectivity index (χ4v) is 2.78. The number of hydrogen-bond donors (Lipinski definition) is 1. The molecule has 2 rings (SSSR count). The van der Waals surface area contributed by atoms with Gasteiger partial charge in [-0.25, -0.2) is 0 Å². The minimum atomic E-state index is -0.524. The monoisotopic (exact) mass is 277 g/mol. The predicted molar refractivity (Wildman–Crippen MR) is 77.6 cm³/mol. The molecule has 0 heterocycles. The van der Waals surface area contributed by atoms with E-state index in [9.17, 15) is 9.90 Å². The maximum absolute atomic E-state index is 12.5. The van der Waals surface area contributed by atoms with Crippen molar-refractivity contribution in [3.05, 3.63) is 30.3 Å². The summed E-state index contributed by atoms with van der Waals surface area (Å²) in [4.78, 5) is 14.3. The highest BCUT2D eigenvalue weighted by atomic mass is 16.5. The van der Waals surface area contributed by atoms with Crippen LogP contribution in [-0.2, 0) is 4.79 Å². The molecule has 0 radical (unpaired) electrons. The maximum Gasteiger partial charge on any atom is 0.263 e. The van der Waals surface area contributed by atoms with Crippen LogP contribution in [0.15, 0.2) is 30.3 Å². The molecule has 1 aromatic rings. The van der Waals surface area contributed by atoms with E-state index >= 15 is 0 Å². The third-order valence-corrected chi connectivity index (χ3v) is 3.79. The first-order valence-corrected chi connectivity index (χ1v) is 7.35. The molecule has 4 heteroatoms. The third-order valence-electron chi connectivity index (χ3n) is 3.79. The molecular formula is C16H23NO3. The maximum atomic E-state index is 12.5. The highest BCUT2D eigenvalue weighted by Crippen LogP contribution is 2.24. The lowest BCUT2D eigenvalue weighted by molar-refractivity contribution is -0.140. The van der Waals surface area contributed by atoms with Crippen LogP contribution in [0.25, 0.3) is 0 Å². The van der Waals surface area contributed by atoms with E-state index in [1.165, 1.54) is 0 Å². The number of carbonyl (C=O) groups is 1. The largest absolute Gasteiger partial charge is 0.481 e. The van der Waals surface area contributed by atoms with Gasteiger partial charge in [0.15, 0.2) is 6.10 Å². The van der Waals surface area contributed by atoms with Crippen molar-refractivity contribution in [2.45, 2.75) is 44.8 Å². The Labute approximate surface area is 120 Å². The van der Waals surface area contributed by atoms with Crippen LogP contribution >= 0.6 is 0 Å². The zero-order valence-corrected chi connectivity index (χ0v) is 12.0. The third kappa shape index (κ3) is 3.73. The SMILES string of the molecule is CC(Oc1ccccc1)C(=O)N(CCO)C1CCCC1. The first kappa shape index (κ1) is 14.9. The van der Waals surface area contributed by atoms with Crippen LogP contribution in [0.1, 0.15) is 32.6 Å². The molecule has 1 aliphatic rings. The Kier molecular flexibility index (Phi) is 5.41. The van der Waals surface area contributed by atoms with E-state index in [0.717, 1.165) is 25.7 Å². The van der Waals surface area contributed by atoms with E-state index in [2.05, 4.69) is 0 Å². The minimum absolute atomic E-state index is 0.000295. The van der Waals surface area contributed by atoms with Crippen LogP contribution in [0.3, 0.4) is 0 Å². The first-order valence-electron chi connectivity index (χ1n) is 7.35. The fraction of sp³-hybridized carbons (Fsp3) is 0.562. The van der Waals surface area contributed by atoms with Crippen LogP contribution in [0.2, 0.25) is 0 Å². The van der Waals surface area contributed by atoms with Crippen LogP contribution < -0.4 is 4.74 Å². The highest BCUT2D eigenvalue weighted by Gasteiger charge is 2.29. The van der Waals surface area contributed by atoms with Gasteiger partial charge in [-0.3, -0.25) is 4.79 Å². The average molecular weight is 277 g/mol. The summed E-state index contributed by atoms with van der Waals surface area (Å²) in [5, 5.41) is 9.18. The summed E-state index contributed by atoms with van der Waals surface area (Å²) in [7, 11) is 0. The smallest absolute Gasteiger partial charge is 0.263 e. The zero-order chi connectivity index (χ0) is 14.4. The summed E-state index contributed by atoms with van der Waals surface area (Å²) in [5.41, 5.74) is 0. The molecule has 1 atom stereocenters. The van der Waals surface area contributed by atoms with E-state index < -0.39 is 6.10 Å². The molecule has 0 aromatic heterocycles. The molecule has 1 fully saturated rings. The molecule has 0 aliphatic heterocycles. The summed E-state index contributed by atoms with van der Waals surface area (Å²) in [6.07, 6.45) is 3.86. The van der Waals surface area contributed by atoms with Gasteiger partial charge < -0.3 is 14.7 Å². The summed E-state index contributed by atoms with van der Waals surface area (Å²) < 4.78 is 5.69. The van der Waals surface area contributed by atoms with E-state index in [0.29, 0.717) is 12.3 Å². The van der Waals surface area contributed by atoms with Crippen molar-refractivity contribution in [1.82, 2.24) is 4.90 Å². The first-order chi connectivity index (χ1) is 9.72. The van der Waals surface area contributed by atoms with Crippen molar-refractivity contribution in [3.8, 4) is 5.75 Å². The Morgan fingerprint density at radius 3 is 2.60 bits per heavy atom. The molecule has 0 saturated heterocycles. The normalized spacial score (nSPS) is 16.9. The Morgan fingerprint density at radius 1 is 1.35 bits per heavy atom. The van der Waals surface area contributed by atoms with Gasteiger partial charge in [-0.05, 0) is 31.9 Å². The molecule has 110 valence electrons. The summed E-state index contributed by atoms with van der Waals surface area (Å²) in [5.74, 6) is 0.665. The Bertz CT molecular complexity index is 415. The van der Waals surface area contributed by atoms with Gasteiger partial charge in [-0.1, -0.05) is 31.0 Å². The van der Waals surface area contributed by atoms with E-state index in [1.807, 2.05) is 30.3 Å². The molecule has 0 bridgehead atoms. The minimum Gasteiger partial charge on any atom is -0.481 e. The topological polar surface area (TPSA) is 49.8 Å². The van der Waals surface area contributed by atoms with Gasteiger partial charge in [0.25, 0.3) is 5.91 Å². The second kappa shape index (κ2) is 7.29. The molecular weight excluding hydrogens is 254 g/mol. The van der Waals surface area contributed by atoms with Gasteiger partial charge in [0, 0.05) is 12.6 Å². The van der Waals surface area contributed by atoms with Crippen LogP contribution in [-0.4, -0.2) is 41.2 Å². The Hall–Kier alpha value is -1.55. The average Bonchev–Trinajstić information content (AvgIpc) is 2.99. The lowest BCUT2D eigenvalue weighted by Crippen LogP contribution is -2.46. The number of carbonyl (C=O) groups excluding carboxylic acids is 1. The van der Waals surface area contributed by atoms with Crippen LogP contribution in [0.5, 0.6) is 5.75 Å². The summed E-state index contributed by atoms with van der Waals surface area (Å²) in [6, 6.07) is 9.63. The van der Waals surface area contributed by atoms with Crippen molar-refractivity contribution in [3.63, 3.8) is 0 Å². The number of nitrogens with zero attached hydrogens (tertiary/aromatic N) is 1. The number of aliphatic hydroxyl groups excluding tert-OH is 1. The van der Waals surface area contributed by atoms with Gasteiger partial charge in [0.05, 0.1) is 6.61 Å². The zero-order valence-electron chi connectivity index (χ0n) is 12.0. The van der Waals surface area contributed by atoms with Crippen molar-refractivity contribution in [1.29, 1.82) is 0 Å². The van der Waals surface area contributed by atoms with Crippen LogP contribution in [0.4, 0.5) is 0 Å². The highest BCUT2D eigenvalue weighted by molar-refractivity contribution is 5.81. The number of rotatable bonds is 6. The molecule has 1 saturated carbocycles. The standard InChI is InChI=1S/C16H23NO3/c1-13(20-15-9-3-2-4-10-15)16(19)17(11-12-18)14-7-5-6-8-14/h2-4,9-10,13-14,18H,5-8,11-12H2,1H3. The molecule has 1 N–H and O–H groups in total. The quantitative estimate of drug-likeness (QED) is 0.867. The lowest BCUT2D eigenvalue weighted by Gasteiger charge is -2.30. The van der Waals surface area contributed by atoms with Gasteiger partial charge in [-0.15, -0.1) is 0 Å². The van der Waals surface area contributed by atoms with Gasteiger partial charge in [0.1, 0.15) is 5.75 Å². The van der Waals surface area contributed by atoms with Crippen molar-refractivity contribution in [2.75, 3.05) is 13.2 Å². The van der Waals surface area contributed by atoms with Gasteiger partial charge in [0.2, 0.25) is 0 Å². The number of hydrogen-bond acceptors (Lipinski definition) is 3. The van der Waals surface area contributed by atoms with E-state index in [4.69, 9.17) is 4.74 Å². The Morgan fingerprint density at radius 2 is 2.00 bits per heavy atom. The van der Waals surface area contributed by atoms with Gasteiger partial charge in [-0.2, -0.15) is 0 Å². The second-order valence-corrected chi connectivity index (χ2v) is 5.27. The molecule has 4 nitrogen and oxygen atoms in total. The fourth-order valence-electron chi connectivity index (χ4n) is 2.78. The van der Waals surface area contributed by atoms with Gasteiger partial charge >= 0.3 is 0 Å². The number of aliphatic hydroxyl groups is 1. The van der Waals surface area contributed by atoms with Crippen molar-refractivity contribution in [2.24, 2.45) is 0 Å². The number of para-hydroxylation sites is 1.